The zero-order chi connectivity index (χ0) is 15.2. The Morgan fingerprint density at radius 3 is 2.55 bits per heavy atom. The van der Waals surface area contributed by atoms with Gasteiger partial charge in [0.05, 0.1) is 7.11 Å². The number of hydrogen-bond acceptors (Lipinski definition) is 6. The van der Waals surface area contributed by atoms with Gasteiger partial charge in [0.2, 0.25) is 10.0 Å². The molecule has 1 rings (SSSR count). The molecule has 0 saturated carbocycles. The van der Waals surface area contributed by atoms with Crippen LogP contribution in [0.3, 0.4) is 0 Å². The molecule has 0 aliphatic rings. The van der Waals surface area contributed by atoms with Crippen LogP contribution in [0.1, 0.15) is 37.1 Å². The van der Waals surface area contributed by atoms with Gasteiger partial charge in [0, 0.05) is 13.0 Å². The number of aryl methyl sites for hydroxylation is 2. The molecular formula is C12H20N2O5S. The standard InChI is InChI=1S/C12H20N2O5S/c1-9-12(10(2)19-14-9)20(16,17)13-8-6-4-5-7-11(15)18-3/h13H,4-8H2,1-3H3. The number of carbonyl (C=O) groups is 1. The van der Waals surface area contributed by atoms with Crippen molar-refractivity contribution in [2.45, 2.75) is 44.4 Å². The van der Waals surface area contributed by atoms with Gasteiger partial charge in [-0.05, 0) is 26.7 Å². The summed E-state index contributed by atoms with van der Waals surface area (Å²) < 4.78 is 35.9. The Morgan fingerprint density at radius 1 is 1.30 bits per heavy atom. The van der Waals surface area contributed by atoms with Gasteiger partial charge in [-0.1, -0.05) is 11.6 Å². The predicted octanol–water partition coefficient (Wildman–Crippen LogP) is 1.30. The molecule has 1 aromatic rings. The number of ether oxygens (including phenoxy) is 1. The molecule has 114 valence electrons. The first-order valence-corrected chi connectivity index (χ1v) is 7.86. The number of carbonyl (C=O) groups excluding carboxylic acids is 1. The van der Waals surface area contributed by atoms with Crippen molar-refractivity contribution in [1.29, 1.82) is 0 Å². The minimum absolute atomic E-state index is 0.104. The summed E-state index contributed by atoms with van der Waals surface area (Å²) in [6.45, 7) is 3.46. The van der Waals surface area contributed by atoms with Crippen LogP contribution in [-0.4, -0.2) is 33.2 Å². The second kappa shape index (κ2) is 7.39. The van der Waals surface area contributed by atoms with Crippen LogP contribution in [0.15, 0.2) is 9.42 Å². The zero-order valence-electron chi connectivity index (χ0n) is 11.9. The lowest BCUT2D eigenvalue weighted by molar-refractivity contribution is -0.140. The number of hydrogen-bond donors (Lipinski definition) is 1. The fourth-order valence-corrected chi connectivity index (χ4v) is 3.21. The van der Waals surface area contributed by atoms with E-state index in [0.717, 1.165) is 6.42 Å². The monoisotopic (exact) mass is 304 g/mol. The SMILES string of the molecule is COC(=O)CCCCCNS(=O)(=O)c1c(C)noc1C. The Morgan fingerprint density at radius 2 is 2.00 bits per heavy atom. The van der Waals surface area contributed by atoms with Gasteiger partial charge in [-0.2, -0.15) is 0 Å². The van der Waals surface area contributed by atoms with Gasteiger partial charge in [0.15, 0.2) is 5.76 Å². The van der Waals surface area contributed by atoms with Crippen molar-refractivity contribution in [2.75, 3.05) is 13.7 Å². The van der Waals surface area contributed by atoms with Gasteiger partial charge in [-0.3, -0.25) is 4.79 Å². The van der Waals surface area contributed by atoms with E-state index < -0.39 is 10.0 Å². The van der Waals surface area contributed by atoms with Crippen molar-refractivity contribution in [3.8, 4) is 0 Å². The molecule has 1 N–H and O–H groups in total. The highest BCUT2D eigenvalue weighted by Gasteiger charge is 2.23. The fourth-order valence-electron chi connectivity index (χ4n) is 1.81. The number of nitrogens with zero attached hydrogens (tertiary/aromatic N) is 1. The second-order valence-corrected chi connectivity index (χ2v) is 6.14. The zero-order valence-corrected chi connectivity index (χ0v) is 12.7. The van der Waals surface area contributed by atoms with Gasteiger partial charge < -0.3 is 9.26 Å². The maximum absolute atomic E-state index is 12.0. The molecule has 0 radical (unpaired) electrons. The molecule has 0 spiro atoms. The van der Waals surface area contributed by atoms with E-state index in [1.807, 2.05) is 0 Å². The van der Waals surface area contributed by atoms with E-state index in [-0.39, 0.29) is 16.6 Å². The average molecular weight is 304 g/mol. The molecule has 0 saturated heterocycles. The van der Waals surface area contributed by atoms with E-state index in [1.54, 1.807) is 13.8 Å². The highest BCUT2D eigenvalue weighted by molar-refractivity contribution is 7.89. The Kier molecular flexibility index (Phi) is 6.15. The molecule has 0 atom stereocenters. The van der Waals surface area contributed by atoms with Crippen LogP contribution in [0.25, 0.3) is 0 Å². The molecule has 7 nitrogen and oxygen atoms in total. The summed E-state index contributed by atoms with van der Waals surface area (Å²) in [5.74, 6) is 0.0296. The topological polar surface area (TPSA) is 98.5 Å². The van der Waals surface area contributed by atoms with Crippen molar-refractivity contribution >= 4 is 16.0 Å². The van der Waals surface area contributed by atoms with Crippen LogP contribution in [0.4, 0.5) is 0 Å². The van der Waals surface area contributed by atoms with Crippen LogP contribution in [0.2, 0.25) is 0 Å². The lowest BCUT2D eigenvalue weighted by atomic mass is 10.2. The minimum Gasteiger partial charge on any atom is -0.469 e. The van der Waals surface area contributed by atoms with Gasteiger partial charge in [-0.15, -0.1) is 0 Å². The molecule has 1 heterocycles. The number of sulfonamides is 1. The maximum Gasteiger partial charge on any atom is 0.305 e. The van der Waals surface area contributed by atoms with E-state index in [9.17, 15) is 13.2 Å². The Hall–Kier alpha value is -1.41. The molecule has 1 aromatic heterocycles. The molecule has 0 aromatic carbocycles. The van der Waals surface area contributed by atoms with Crippen molar-refractivity contribution in [1.82, 2.24) is 9.88 Å². The summed E-state index contributed by atoms with van der Waals surface area (Å²) >= 11 is 0. The minimum atomic E-state index is -3.58. The van der Waals surface area contributed by atoms with Crippen LogP contribution >= 0.6 is 0 Å². The molecule has 20 heavy (non-hydrogen) atoms. The smallest absolute Gasteiger partial charge is 0.305 e. The number of esters is 1. The largest absolute Gasteiger partial charge is 0.469 e. The van der Waals surface area contributed by atoms with Crippen LogP contribution in [-0.2, 0) is 19.6 Å². The molecular weight excluding hydrogens is 284 g/mol. The van der Waals surface area contributed by atoms with Crippen LogP contribution < -0.4 is 4.72 Å². The van der Waals surface area contributed by atoms with E-state index in [1.165, 1.54) is 7.11 Å². The highest BCUT2D eigenvalue weighted by atomic mass is 32.2. The molecule has 8 heteroatoms. The molecule has 0 aliphatic carbocycles. The van der Waals surface area contributed by atoms with E-state index >= 15 is 0 Å². The normalized spacial score (nSPS) is 11.6. The number of unbranched alkanes of at least 4 members (excludes halogenated alkanes) is 2. The van der Waals surface area contributed by atoms with E-state index in [0.29, 0.717) is 31.5 Å². The summed E-state index contributed by atoms with van der Waals surface area (Å²) in [6, 6.07) is 0. The first-order chi connectivity index (χ1) is 9.38. The Labute approximate surface area is 118 Å². The number of rotatable bonds is 8. The number of methoxy groups -OCH3 is 1. The van der Waals surface area contributed by atoms with Crippen LogP contribution in [0, 0.1) is 13.8 Å². The van der Waals surface area contributed by atoms with E-state index in [4.69, 9.17) is 4.52 Å². The molecule has 0 amide bonds. The third-order valence-electron chi connectivity index (χ3n) is 2.81. The molecule has 0 aliphatic heterocycles. The molecule has 0 bridgehead atoms. The van der Waals surface area contributed by atoms with Gasteiger partial charge >= 0.3 is 5.97 Å². The fraction of sp³-hybridized carbons (Fsp3) is 0.667. The van der Waals surface area contributed by atoms with Gasteiger partial charge in [0.25, 0.3) is 0 Å². The van der Waals surface area contributed by atoms with Gasteiger partial charge in [-0.25, -0.2) is 13.1 Å². The number of aromatic nitrogens is 1. The predicted molar refractivity (Wildman–Crippen MR) is 71.6 cm³/mol. The van der Waals surface area contributed by atoms with Crippen molar-refractivity contribution < 1.29 is 22.5 Å². The number of nitrogens with one attached hydrogen (secondary N) is 1. The van der Waals surface area contributed by atoms with Crippen molar-refractivity contribution in [3.05, 3.63) is 11.5 Å². The third kappa shape index (κ3) is 4.61. The van der Waals surface area contributed by atoms with Crippen molar-refractivity contribution in [2.24, 2.45) is 0 Å². The lowest BCUT2D eigenvalue weighted by Crippen LogP contribution is -2.25. The van der Waals surface area contributed by atoms with Crippen molar-refractivity contribution in [3.63, 3.8) is 0 Å². The van der Waals surface area contributed by atoms with E-state index in [2.05, 4.69) is 14.6 Å². The molecule has 0 fully saturated rings. The van der Waals surface area contributed by atoms with Gasteiger partial charge in [0.1, 0.15) is 10.6 Å². The lowest BCUT2D eigenvalue weighted by Gasteiger charge is -2.05. The first kappa shape index (κ1) is 16.6. The third-order valence-corrected chi connectivity index (χ3v) is 4.52. The van der Waals surface area contributed by atoms with Crippen LogP contribution in [0.5, 0.6) is 0 Å². The summed E-state index contributed by atoms with van der Waals surface area (Å²) in [4.78, 5) is 11.0. The highest BCUT2D eigenvalue weighted by Crippen LogP contribution is 2.18. The summed E-state index contributed by atoms with van der Waals surface area (Å²) in [5.41, 5.74) is 0.348. The quantitative estimate of drug-likeness (QED) is 0.574. The summed E-state index contributed by atoms with van der Waals surface area (Å²) in [5, 5.41) is 3.62. The Balaban J connectivity index is 2.37. The Bertz CT molecular complexity index is 531. The summed E-state index contributed by atoms with van der Waals surface area (Å²) in [6.07, 6.45) is 2.44. The maximum atomic E-state index is 12.0. The second-order valence-electron chi connectivity index (χ2n) is 4.44. The summed E-state index contributed by atoms with van der Waals surface area (Å²) in [7, 11) is -2.24. The first-order valence-electron chi connectivity index (χ1n) is 6.38. The average Bonchev–Trinajstić information content (AvgIpc) is 2.73. The molecule has 0 unspecified atom stereocenters.